The van der Waals surface area contributed by atoms with Gasteiger partial charge in [0.15, 0.2) is 0 Å². The van der Waals surface area contributed by atoms with Gasteiger partial charge < -0.3 is 24.2 Å². The highest BCUT2D eigenvalue weighted by molar-refractivity contribution is 5.76. The number of nitrogens with zero attached hydrogens (tertiary/aromatic N) is 1. The summed E-state index contributed by atoms with van der Waals surface area (Å²) < 4.78 is 15.7. The fraction of sp³-hybridized carbons (Fsp3) is 0.588. The molecule has 23 heavy (non-hydrogen) atoms. The van der Waals surface area contributed by atoms with E-state index in [1.165, 1.54) is 0 Å². The van der Waals surface area contributed by atoms with Crippen LogP contribution in [0.25, 0.3) is 0 Å². The van der Waals surface area contributed by atoms with E-state index in [1.807, 2.05) is 24.3 Å². The first kappa shape index (κ1) is 19.3. The lowest BCUT2D eigenvalue weighted by molar-refractivity contribution is -0.132. The van der Waals surface area contributed by atoms with Crippen LogP contribution in [0.5, 0.6) is 11.5 Å². The van der Waals surface area contributed by atoms with E-state index in [0.717, 1.165) is 17.9 Å². The van der Waals surface area contributed by atoms with Crippen molar-refractivity contribution in [2.45, 2.75) is 19.3 Å². The molecule has 0 aliphatic rings. The van der Waals surface area contributed by atoms with Gasteiger partial charge in [0.05, 0.1) is 20.3 Å². The summed E-state index contributed by atoms with van der Waals surface area (Å²) in [7, 11) is 3.25. The maximum absolute atomic E-state index is 12.1. The number of aliphatic hydroxyl groups excluding tert-OH is 1. The van der Waals surface area contributed by atoms with Crippen molar-refractivity contribution >= 4 is 5.91 Å². The molecule has 0 aromatic heterocycles. The van der Waals surface area contributed by atoms with Gasteiger partial charge in [0.2, 0.25) is 5.91 Å². The van der Waals surface area contributed by atoms with Crippen molar-refractivity contribution in [3.63, 3.8) is 0 Å². The highest BCUT2D eigenvalue weighted by Gasteiger charge is 2.12. The van der Waals surface area contributed by atoms with E-state index < -0.39 is 0 Å². The van der Waals surface area contributed by atoms with E-state index in [0.29, 0.717) is 39.1 Å². The van der Waals surface area contributed by atoms with E-state index in [2.05, 4.69) is 0 Å². The predicted octanol–water partition coefficient (Wildman–Crippen LogP) is 1.71. The summed E-state index contributed by atoms with van der Waals surface area (Å²) in [6, 6.07) is 7.34. The smallest absolute Gasteiger partial charge is 0.222 e. The second kappa shape index (κ2) is 11.7. The first-order chi connectivity index (χ1) is 11.2. The molecular weight excluding hydrogens is 298 g/mol. The van der Waals surface area contributed by atoms with Gasteiger partial charge in [-0.25, -0.2) is 0 Å². The molecule has 130 valence electrons. The lowest BCUT2D eigenvalue weighted by atomic mass is 10.2. The minimum atomic E-state index is -0.0267. The number of carbonyl (C=O) groups excluding carboxylic acids is 1. The number of hydrogen-bond donors (Lipinski definition) is 1. The molecule has 0 aliphatic carbocycles. The lowest BCUT2D eigenvalue weighted by Gasteiger charge is -2.21. The quantitative estimate of drug-likeness (QED) is 0.593. The Labute approximate surface area is 138 Å². The Hall–Kier alpha value is -1.79. The zero-order valence-electron chi connectivity index (χ0n) is 14.0. The molecular formula is C17H27NO5. The summed E-state index contributed by atoms with van der Waals surface area (Å²) in [5.41, 5.74) is 0. The van der Waals surface area contributed by atoms with Crippen molar-refractivity contribution in [3.8, 4) is 11.5 Å². The molecule has 1 N–H and O–H groups in total. The monoisotopic (exact) mass is 325 g/mol. The Bertz CT molecular complexity index is 435. The molecule has 0 fully saturated rings. The van der Waals surface area contributed by atoms with Crippen molar-refractivity contribution in [2.24, 2.45) is 0 Å². The van der Waals surface area contributed by atoms with Gasteiger partial charge >= 0.3 is 0 Å². The van der Waals surface area contributed by atoms with E-state index >= 15 is 0 Å². The Morgan fingerprint density at radius 1 is 1.04 bits per heavy atom. The molecule has 0 bridgehead atoms. The van der Waals surface area contributed by atoms with Crippen LogP contribution < -0.4 is 9.47 Å². The third-order valence-electron chi connectivity index (χ3n) is 3.36. The van der Waals surface area contributed by atoms with E-state index in [1.54, 1.807) is 19.1 Å². The van der Waals surface area contributed by atoms with Crippen molar-refractivity contribution in [1.29, 1.82) is 0 Å². The summed E-state index contributed by atoms with van der Waals surface area (Å²) in [5, 5.41) is 9.05. The number of ether oxygens (including phenoxy) is 3. The van der Waals surface area contributed by atoms with Crippen LogP contribution in [-0.4, -0.2) is 63.0 Å². The zero-order valence-corrected chi connectivity index (χ0v) is 14.0. The number of benzene rings is 1. The SMILES string of the molecule is COCCCN(CCO)C(=O)CCCOc1ccc(OC)cc1. The number of rotatable bonds is 12. The van der Waals surface area contributed by atoms with Crippen LogP contribution in [-0.2, 0) is 9.53 Å². The lowest BCUT2D eigenvalue weighted by Crippen LogP contribution is -2.35. The van der Waals surface area contributed by atoms with Crippen LogP contribution in [0.3, 0.4) is 0 Å². The van der Waals surface area contributed by atoms with Gasteiger partial charge in [-0.3, -0.25) is 4.79 Å². The molecule has 1 amide bonds. The fourth-order valence-electron chi connectivity index (χ4n) is 2.13. The summed E-state index contributed by atoms with van der Waals surface area (Å²) in [4.78, 5) is 13.8. The standard InChI is InChI=1S/C17H27NO5/c1-21-13-4-10-18(11-12-19)17(20)5-3-14-23-16-8-6-15(22-2)7-9-16/h6-9,19H,3-5,10-14H2,1-2H3. The van der Waals surface area contributed by atoms with Crippen molar-refractivity contribution in [2.75, 3.05) is 47.1 Å². The van der Waals surface area contributed by atoms with Gasteiger partial charge in [-0.15, -0.1) is 0 Å². The van der Waals surface area contributed by atoms with Gasteiger partial charge in [-0.05, 0) is 37.1 Å². The summed E-state index contributed by atoms with van der Waals surface area (Å²) >= 11 is 0. The fourth-order valence-corrected chi connectivity index (χ4v) is 2.13. The molecule has 0 radical (unpaired) electrons. The average Bonchev–Trinajstić information content (AvgIpc) is 2.58. The zero-order chi connectivity index (χ0) is 16.9. The average molecular weight is 325 g/mol. The van der Waals surface area contributed by atoms with Crippen molar-refractivity contribution in [1.82, 2.24) is 4.90 Å². The topological polar surface area (TPSA) is 68.2 Å². The summed E-state index contributed by atoms with van der Waals surface area (Å²) in [5.74, 6) is 1.57. The Morgan fingerprint density at radius 3 is 2.35 bits per heavy atom. The maximum Gasteiger partial charge on any atom is 0.222 e. The molecule has 0 saturated carbocycles. The number of carbonyl (C=O) groups is 1. The number of hydrogen-bond acceptors (Lipinski definition) is 5. The Morgan fingerprint density at radius 2 is 1.74 bits per heavy atom. The summed E-state index contributed by atoms with van der Waals surface area (Å²) in [6.07, 6.45) is 1.81. The van der Waals surface area contributed by atoms with E-state index in [9.17, 15) is 4.79 Å². The normalized spacial score (nSPS) is 10.4. The van der Waals surface area contributed by atoms with Crippen molar-refractivity contribution in [3.05, 3.63) is 24.3 Å². The third-order valence-corrected chi connectivity index (χ3v) is 3.36. The van der Waals surface area contributed by atoms with Crippen LogP contribution in [0.2, 0.25) is 0 Å². The van der Waals surface area contributed by atoms with Crippen LogP contribution >= 0.6 is 0 Å². The molecule has 0 unspecified atom stereocenters. The van der Waals surface area contributed by atoms with Crippen LogP contribution in [0.4, 0.5) is 0 Å². The number of amides is 1. The number of aliphatic hydroxyl groups is 1. The molecule has 0 spiro atoms. The minimum Gasteiger partial charge on any atom is -0.497 e. The summed E-state index contributed by atoms with van der Waals surface area (Å²) in [6.45, 7) is 2.02. The molecule has 1 aromatic rings. The second-order valence-electron chi connectivity index (χ2n) is 5.08. The van der Waals surface area contributed by atoms with Crippen molar-refractivity contribution < 1.29 is 24.1 Å². The van der Waals surface area contributed by atoms with E-state index in [-0.39, 0.29) is 12.5 Å². The molecule has 0 heterocycles. The van der Waals surface area contributed by atoms with Gasteiger partial charge in [0.1, 0.15) is 11.5 Å². The van der Waals surface area contributed by atoms with E-state index in [4.69, 9.17) is 19.3 Å². The molecule has 1 aromatic carbocycles. The molecule has 0 aliphatic heterocycles. The third kappa shape index (κ3) is 7.85. The van der Waals surface area contributed by atoms with Crippen LogP contribution in [0.1, 0.15) is 19.3 Å². The first-order valence-electron chi connectivity index (χ1n) is 7.85. The Balaban J connectivity index is 2.26. The minimum absolute atomic E-state index is 0.0267. The molecule has 0 atom stereocenters. The maximum atomic E-state index is 12.1. The highest BCUT2D eigenvalue weighted by atomic mass is 16.5. The second-order valence-corrected chi connectivity index (χ2v) is 5.08. The first-order valence-corrected chi connectivity index (χ1v) is 7.85. The highest BCUT2D eigenvalue weighted by Crippen LogP contribution is 2.17. The van der Waals surface area contributed by atoms with Gasteiger partial charge in [-0.1, -0.05) is 0 Å². The molecule has 1 rings (SSSR count). The van der Waals surface area contributed by atoms with Gasteiger partial charge in [-0.2, -0.15) is 0 Å². The number of methoxy groups -OCH3 is 2. The molecule has 0 saturated heterocycles. The Kier molecular flexibility index (Phi) is 9.83. The largest absolute Gasteiger partial charge is 0.497 e. The predicted molar refractivity (Wildman–Crippen MR) is 87.9 cm³/mol. The van der Waals surface area contributed by atoms with Gasteiger partial charge in [0, 0.05) is 33.2 Å². The molecule has 6 nitrogen and oxygen atoms in total. The molecule has 6 heteroatoms. The van der Waals surface area contributed by atoms with Crippen LogP contribution in [0.15, 0.2) is 24.3 Å². The van der Waals surface area contributed by atoms with Crippen LogP contribution in [0, 0.1) is 0 Å². The van der Waals surface area contributed by atoms with Gasteiger partial charge in [0.25, 0.3) is 0 Å².